The summed E-state index contributed by atoms with van der Waals surface area (Å²) in [4.78, 5) is 4.68. The summed E-state index contributed by atoms with van der Waals surface area (Å²) in [6, 6.07) is 14.0. The predicted molar refractivity (Wildman–Crippen MR) is 114 cm³/mol. The van der Waals surface area contributed by atoms with Crippen LogP contribution in [0.3, 0.4) is 0 Å². The van der Waals surface area contributed by atoms with Crippen LogP contribution < -0.4 is 14.4 Å². The van der Waals surface area contributed by atoms with Crippen molar-refractivity contribution in [1.82, 2.24) is 4.90 Å². The zero-order valence-corrected chi connectivity index (χ0v) is 17.6. The van der Waals surface area contributed by atoms with E-state index in [-0.39, 0.29) is 6.23 Å². The monoisotopic (exact) mass is 404 g/mol. The standard InChI is InChI=1S/C22H29ClN2O3/c1-4-27-16-21(28-22-17(2)8-7-9-18(22)23)25-14-12-24(13-15-25)19-10-5-6-11-20(19)26-3/h5-11,21H,4,12-16H2,1-3H3. The Morgan fingerprint density at radius 3 is 2.46 bits per heavy atom. The first-order valence-electron chi connectivity index (χ1n) is 9.75. The van der Waals surface area contributed by atoms with Crippen LogP contribution in [-0.4, -0.2) is 57.6 Å². The van der Waals surface area contributed by atoms with Crippen LogP contribution in [0, 0.1) is 6.92 Å². The summed E-state index contributed by atoms with van der Waals surface area (Å²) in [6.45, 7) is 8.72. The van der Waals surface area contributed by atoms with E-state index in [0.29, 0.717) is 18.2 Å². The first kappa shape index (κ1) is 20.8. The number of piperazine rings is 1. The maximum Gasteiger partial charge on any atom is 0.176 e. The molecule has 5 nitrogen and oxygen atoms in total. The first-order valence-corrected chi connectivity index (χ1v) is 10.1. The molecule has 1 saturated heterocycles. The molecular formula is C22H29ClN2O3. The van der Waals surface area contributed by atoms with Gasteiger partial charge in [-0.3, -0.25) is 4.90 Å². The van der Waals surface area contributed by atoms with Crippen molar-refractivity contribution in [1.29, 1.82) is 0 Å². The number of methoxy groups -OCH3 is 1. The largest absolute Gasteiger partial charge is 0.495 e. The zero-order chi connectivity index (χ0) is 19.9. The van der Waals surface area contributed by atoms with Gasteiger partial charge in [0.15, 0.2) is 6.23 Å². The molecule has 1 aliphatic heterocycles. The zero-order valence-electron chi connectivity index (χ0n) is 16.9. The van der Waals surface area contributed by atoms with E-state index in [1.165, 1.54) is 0 Å². The summed E-state index contributed by atoms with van der Waals surface area (Å²) in [6.07, 6.45) is -0.168. The summed E-state index contributed by atoms with van der Waals surface area (Å²) >= 11 is 6.38. The van der Waals surface area contributed by atoms with E-state index >= 15 is 0 Å². The number of halogens is 1. The van der Waals surface area contributed by atoms with Crippen LogP contribution in [0.15, 0.2) is 42.5 Å². The number of para-hydroxylation sites is 3. The van der Waals surface area contributed by atoms with Gasteiger partial charge in [-0.1, -0.05) is 35.9 Å². The van der Waals surface area contributed by atoms with Crippen molar-refractivity contribution >= 4 is 17.3 Å². The number of benzene rings is 2. The SMILES string of the molecule is CCOCC(Oc1c(C)cccc1Cl)N1CCN(c2ccccc2OC)CC1. The highest BCUT2D eigenvalue weighted by Gasteiger charge is 2.27. The number of hydrogen-bond acceptors (Lipinski definition) is 5. The number of rotatable bonds is 8. The van der Waals surface area contributed by atoms with Crippen LogP contribution in [0.2, 0.25) is 5.02 Å². The highest BCUT2D eigenvalue weighted by molar-refractivity contribution is 6.32. The van der Waals surface area contributed by atoms with E-state index in [9.17, 15) is 0 Å². The second-order valence-corrected chi connectivity index (χ2v) is 7.22. The van der Waals surface area contributed by atoms with Crippen molar-refractivity contribution in [2.24, 2.45) is 0 Å². The summed E-state index contributed by atoms with van der Waals surface area (Å²) in [7, 11) is 1.72. The molecule has 1 atom stereocenters. The molecule has 6 heteroatoms. The van der Waals surface area contributed by atoms with Gasteiger partial charge < -0.3 is 19.1 Å². The lowest BCUT2D eigenvalue weighted by atomic mass is 10.2. The Labute approximate surface area is 172 Å². The van der Waals surface area contributed by atoms with Gasteiger partial charge in [-0.15, -0.1) is 0 Å². The second kappa shape index (κ2) is 10.0. The fraction of sp³-hybridized carbons (Fsp3) is 0.455. The van der Waals surface area contributed by atoms with Crippen LogP contribution in [0.25, 0.3) is 0 Å². The minimum atomic E-state index is -0.168. The van der Waals surface area contributed by atoms with Gasteiger partial charge in [0.2, 0.25) is 0 Å². The van der Waals surface area contributed by atoms with Crippen LogP contribution in [0.5, 0.6) is 11.5 Å². The van der Waals surface area contributed by atoms with E-state index in [2.05, 4.69) is 15.9 Å². The van der Waals surface area contributed by atoms with E-state index in [0.717, 1.165) is 48.9 Å². The van der Waals surface area contributed by atoms with E-state index in [1.807, 2.05) is 50.2 Å². The normalized spacial score (nSPS) is 16.1. The molecule has 0 saturated carbocycles. The first-order chi connectivity index (χ1) is 13.6. The van der Waals surface area contributed by atoms with Gasteiger partial charge in [0.1, 0.15) is 11.5 Å². The van der Waals surface area contributed by atoms with E-state index in [1.54, 1.807) is 7.11 Å². The van der Waals surface area contributed by atoms with Gasteiger partial charge in [-0.2, -0.15) is 0 Å². The third-order valence-electron chi connectivity index (χ3n) is 5.03. The Balaban J connectivity index is 1.69. The van der Waals surface area contributed by atoms with Gasteiger partial charge in [0.05, 0.1) is 24.4 Å². The summed E-state index contributed by atoms with van der Waals surface area (Å²) < 4.78 is 17.6. The van der Waals surface area contributed by atoms with Crippen molar-refractivity contribution in [2.45, 2.75) is 20.1 Å². The third kappa shape index (κ3) is 4.90. The lowest BCUT2D eigenvalue weighted by Crippen LogP contribution is -2.53. The Bertz CT molecular complexity index is 743. The molecule has 0 spiro atoms. The molecule has 28 heavy (non-hydrogen) atoms. The van der Waals surface area contributed by atoms with Crippen LogP contribution >= 0.6 is 11.6 Å². The minimum absolute atomic E-state index is 0.168. The molecule has 0 aromatic heterocycles. The molecule has 0 bridgehead atoms. The van der Waals surface area contributed by atoms with Crippen molar-refractivity contribution in [2.75, 3.05) is 51.4 Å². The Morgan fingerprint density at radius 1 is 1.04 bits per heavy atom. The molecule has 0 N–H and O–H groups in total. The van der Waals surface area contributed by atoms with Crippen LogP contribution in [-0.2, 0) is 4.74 Å². The lowest BCUT2D eigenvalue weighted by Gasteiger charge is -2.40. The smallest absolute Gasteiger partial charge is 0.176 e. The molecule has 0 radical (unpaired) electrons. The maximum atomic E-state index is 6.38. The van der Waals surface area contributed by atoms with Gasteiger partial charge >= 0.3 is 0 Å². The van der Waals surface area contributed by atoms with Gasteiger partial charge in [-0.25, -0.2) is 0 Å². The summed E-state index contributed by atoms with van der Waals surface area (Å²) in [5, 5.41) is 0.633. The minimum Gasteiger partial charge on any atom is -0.495 e. The van der Waals surface area contributed by atoms with Gasteiger partial charge in [0, 0.05) is 32.8 Å². The molecule has 3 rings (SSSR count). The Hall–Kier alpha value is -1.95. The van der Waals surface area contributed by atoms with Crippen molar-refractivity contribution in [3.05, 3.63) is 53.1 Å². The van der Waals surface area contributed by atoms with Crippen molar-refractivity contribution in [3.8, 4) is 11.5 Å². The molecule has 1 unspecified atom stereocenters. The number of hydrogen-bond donors (Lipinski definition) is 0. The molecule has 0 aliphatic carbocycles. The number of aryl methyl sites for hydroxylation is 1. The highest BCUT2D eigenvalue weighted by atomic mass is 35.5. The van der Waals surface area contributed by atoms with Crippen molar-refractivity contribution in [3.63, 3.8) is 0 Å². The molecule has 1 aliphatic rings. The fourth-order valence-electron chi connectivity index (χ4n) is 3.48. The quantitative estimate of drug-likeness (QED) is 0.658. The summed E-state index contributed by atoms with van der Waals surface area (Å²) in [5.41, 5.74) is 2.16. The molecule has 1 heterocycles. The Kier molecular flexibility index (Phi) is 7.43. The van der Waals surface area contributed by atoms with Crippen LogP contribution in [0.1, 0.15) is 12.5 Å². The number of nitrogens with zero attached hydrogens (tertiary/aromatic N) is 2. The molecule has 2 aromatic carbocycles. The number of anilines is 1. The maximum absolute atomic E-state index is 6.38. The van der Waals surface area contributed by atoms with E-state index in [4.69, 9.17) is 25.8 Å². The lowest BCUT2D eigenvalue weighted by molar-refractivity contribution is -0.0420. The van der Waals surface area contributed by atoms with Crippen LogP contribution in [0.4, 0.5) is 5.69 Å². The summed E-state index contributed by atoms with van der Waals surface area (Å²) in [5.74, 6) is 1.64. The number of ether oxygens (including phenoxy) is 3. The molecule has 0 amide bonds. The molecule has 152 valence electrons. The van der Waals surface area contributed by atoms with Crippen molar-refractivity contribution < 1.29 is 14.2 Å². The fourth-order valence-corrected chi connectivity index (χ4v) is 3.74. The van der Waals surface area contributed by atoms with Gasteiger partial charge in [0.25, 0.3) is 0 Å². The average Bonchev–Trinajstić information content (AvgIpc) is 2.73. The Morgan fingerprint density at radius 2 is 1.79 bits per heavy atom. The third-order valence-corrected chi connectivity index (χ3v) is 5.33. The molecule has 2 aromatic rings. The highest BCUT2D eigenvalue weighted by Crippen LogP contribution is 2.31. The van der Waals surface area contributed by atoms with E-state index < -0.39 is 0 Å². The molecule has 1 fully saturated rings. The predicted octanol–water partition coefficient (Wildman–Crippen LogP) is 4.22. The topological polar surface area (TPSA) is 34.2 Å². The van der Waals surface area contributed by atoms with Gasteiger partial charge in [-0.05, 0) is 37.6 Å². The molecular weight excluding hydrogens is 376 g/mol. The second-order valence-electron chi connectivity index (χ2n) is 6.81. The average molecular weight is 405 g/mol.